The molecule has 17 heavy (non-hydrogen) atoms. The molecule has 0 aliphatic heterocycles. The molecule has 0 saturated heterocycles. The third kappa shape index (κ3) is 5.49. The van der Waals surface area contributed by atoms with Gasteiger partial charge in [-0.3, -0.25) is 9.48 Å². The van der Waals surface area contributed by atoms with Crippen LogP contribution in [0.4, 0.5) is 0 Å². The quantitative estimate of drug-likeness (QED) is 0.672. The van der Waals surface area contributed by atoms with E-state index in [1.54, 1.807) is 0 Å². The smallest absolute Gasteiger partial charge is 0.303 e. The molecule has 0 spiro atoms. The number of carboxylic acid groups (broad SMARTS) is 1. The molecule has 1 heterocycles. The van der Waals surface area contributed by atoms with Gasteiger partial charge in [-0.15, -0.1) is 0 Å². The summed E-state index contributed by atoms with van der Waals surface area (Å²) in [7, 11) is 0. The van der Waals surface area contributed by atoms with Gasteiger partial charge in [0.2, 0.25) is 0 Å². The molecule has 2 N–H and O–H groups in total. The average molecular weight is 239 g/mol. The van der Waals surface area contributed by atoms with Crippen molar-refractivity contribution in [2.75, 3.05) is 13.1 Å². The third-order valence-electron chi connectivity index (χ3n) is 2.57. The van der Waals surface area contributed by atoms with E-state index in [2.05, 4.69) is 23.4 Å². The van der Waals surface area contributed by atoms with Crippen molar-refractivity contribution in [1.82, 2.24) is 15.1 Å². The Kier molecular flexibility index (Phi) is 5.69. The zero-order chi connectivity index (χ0) is 12.7. The number of aromatic nitrogens is 2. The standard InChI is InChI=1S/C12H21N3O2/c1-10-9-11(2)15(14-10)8-4-7-13-6-3-5-12(16)17/h9,13H,3-8H2,1-2H3,(H,16,17). The number of hydrogen-bond donors (Lipinski definition) is 2. The Balaban J connectivity index is 2.04. The number of rotatable bonds is 8. The van der Waals surface area contributed by atoms with Gasteiger partial charge in [-0.2, -0.15) is 5.10 Å². The fourth-order valence-corrected chi connectivity index (χ4v) is 1.74. The highest BCUT2D eigenvalue weighted by Gasteiger charge is 2.00. The van der Waals surface area contributed by atoms with Gasteiger partial charge in [-0.25, -0.2) is 0 Å². The van der Waals surface area contributed by atoms with Gasteiger partial charge in [0.25, 0.3) is 0 Å². The maximum atomic E-state index is 10.3. The first-order valence-corrected chi connectivity index (χ1v) is 6.03. The molecule has 0 bridgehead atoms. The summed E-state index contributed by atoms with van der Waals surface area (Å²) >= 11 is 0. The molecule has 1 rings (SSSR count). The highest BCUT2D eigenvalue weighted by molar-refractivity contribution is 5.66. The predicted molar refractivity (Wildman–Crippen MR) is 66.1 cm³/mol. The predicted octanol–water partition coefficient (Wildman–Crippen LogP) is 1.34. The molecular formula is C12H21N3O2. The van der Waals surface area contributed by atoms with Crippen LogP contribution in [-0.2, 0) is 11.3 Å². The highest BCUT2D eigenvalue weighted by Crippen LogP contribution is 2.02. The summed E-state index contributed by atoms with van der Waals surface area (Å²) in [6, 6.07) is 2.07. The van der Waals surface area contributed by atoms with Gasteiger partial charge in [0.1, 0.15) is 0 Å². The number of hydrogen-bond acceptors (Lipinski definition) is 3. The number of carbonyl (C=O) groups is 1. The Morgan fingerprint density at radius 3 is 2.71 bits per heavy atom. The Labute approximate surface area is 102 Å². The third-order valence-corrected chi connectivity index (χ3v) is 2.57. The molecule has 0 aliphatic rings. The summed E-state index contributed by atoms with van der Waals surface area (Å²) in [6.45, 7) is 6.63. The number of aliphatic carboxylic acids is 1. The van der Waals surface area contributed by atoms with Gasteiger partial charge in [-0.1, -0.05) is 0 Å². The lowest BCUT2D eigenvalue weighted by Gasteiger charge is -2.05. The van der Waals surface area contributed by atoms with Crippen LogP contribution in [0.3, 0.4) is 0 Å². The van der Waals surface area contributed by atoms with Crippen LogP contribution < -0.4 is 5.32 Å². The van der Waals surface area contributed by atoms with Gasteiger partial charge in [0.05, 0.1) is 5.69 Å². The van der Waals surface area contributed by atoms with Gasteiger partial charge < -0.3 is 10.4 Å². The SMILES string of the molecule is Cc1cc(C)n(CCCNCCCC(=O)O)n1. The van der Waals surface area contributed by atoms with Crippen LogP contribution >= 0.6 is 0 Å². The van der Waals surface area contributed by atoms with E-state index in [0.29, 0.717) is 6.42 Å². The van der Waals surface area contributed by atoms with Gasteiger partial charge in [0, 0.05) is 18.7 Å². The van der Waals surface area contributed by atoms with Crippen molar-refractivity contribution in [3.63, 3.8) is 0 Å². The summed E-state index contributed by atoms with van der Waals surface area (Å²) < 4.78 is 2.01. The molecule has 0 radical (unpaired) electrons. The van der Waals surface area contributed by atoms with Crippen LogP contribution in [0.25, 0.3) is 0 Å². The minimum atomic E-state index is -0.727. The van der Waals surface area contributed by atoms with Crippen molar-refractivity contribution in [2.45, 2.75) is 39.7 Å². The van der Waals surface area contributed by atoms with E-state index >= 15 is 0 Å². The molecule has 0 unspecified atom stereocenters. The first-order valence-electron chi connectivity index (χ1n) is 6.03. The first kappa shape index (κ1) is 13.7. The molecule has 1 aromatic heterocycles. The van der Waals surface area contributed by atoms with E-state index in [1.165, 1.54) is 5.69 Å². The fourth-order valence-electron chi connectivity index (χ4n) is 1.74. The molecular weight excluding hydrogens is 218 g/mol. The van der Waals surface area contributed by atoms with Gasteiger partial charge in [0.15, 0.2) is 0 Å². The van der Waals surface area contributed by atoms with E-state index < -0.39 is 5.97 Å². The van der Waals surface area contributed by atoms with Crippen LogP contribution in [0.1, 0.15) is 30.7 Å². The van der Waals surface area contributed by atoms with Crippen LogP contribution in [0.2, 0.25) is 0 Å². The number of carboxylic acids is 1. The van der Waals surface area contributed by atoms with E-state index in [4.69, 9.17) is 5.11 Å². The summed E-state index contributed by atoms with van der Waals surface area (Å²) in [5.41, 5.74) is 2.24. The second-order valence-corrected chi connectivity index (χ2v) is 4.25. The van der Waals surface area contributed by atoms with Crippen molar-refractivity contribution >= 4 is 5.97 Å². The topological polar surface area (TPSA) is 67.2 Å². The minimum Gasteiger partial charge on any atom is -0.481 e. The van der Waals surface area contributed by atoms with Crippen molar-refractivity contribution < 1.29 is 9.90 Å². The maximum absolute atomic E-state index is 10.3. The Bertz CT molecular complexity index is 361. The molecule has 0 amide bonds. The summed E-state index contributed by atoms with van der Waals surface area (Å²) in [6.07, 6.45) is 1.94. The molecule has 0 atom stereocenters. The van der Waals surface area contributed by atoms with Crippen molar-refractivity contribution in [3.8, 4) is 0 Å². The van der Waals surface area contributed by atoms with E-state index in [0.717, 1.165) is 31.7 Å². The highest BCUT2D eigenvalue weighted by atomic mass is 16.4. The van der Waals surface area contributed by atoms with Crippen LogP contribution in [0.5, 0.6) is 0 Å². The molecule has 5 heteroatoms. The minimum absolute atomic E-state index is 0.241. The van der Waals surface area contributed by atoms with Crippen LogP contribution in [-0.4, -0.2) is 33.9 Å². The molecule has 96 valence electrons. The van der Waals surface area contributed by atoms with Crippen molar-refractivity contribution in [2.24, 2.45) is 0 Å². The van der Waals surface area contributed by atoms with Crippen LogP contribution in [0, 0.1) is 13.8 Å². The number of nitrogens with zero attached hydrogens (tertiary/aromatic N) is 2. The molecule has 0 aromatic carbocycles. The summed E-state index contributed by atoms with van der Waals surface area (Å²) in [5, 5.41) is 16.1. The van der Waals surface area contributed by atoms with Gasteiger partial charge >= 0.3 is 5.97 Å². The fraction of sp³-hybridized carbons (Fsp3) is 0.667. The van der Waals surface area contributed by atoms with Crippen molar-refractivity contribution in [3.05, 3.63) is 17.5 Å². The van der Waals surface area contributed by atoms with E-state index in [9.17, 15) is 4.79 Å². The largest absolute Gasteiger partial charge is 0.481 e. The number of aryl methyl sites for hydroxylation is 3. The zero-order valence-corrected chi connectivity index (χ0v) is 10.6. The second-order valence-electron chi connectivity index (χ2n) is 4.25. The lowest BCUT2D eigenvalue weighted by Crippen LogP contribution is -2.19. The molecule has 1 aromatic rings. The number of nitrogens with one attached hydrogen (secondary N) is 1. The molecule has 0 fully saturated rings. The van der Waals surface area contributed by atoms with Gasteiger partial charge in [-0.05, 0) is 45.8 Å². The Hall–Kier alpha value is -1.36. The van der Waals surface area contributed by atoms with Crippen molar-refractivity contribution in [1.29, 1.82) is 0 Å². The average Bonchev–Trinajstić information content (AvgIpc) is 2.55. The van der Waals surface area contributed by atoms with E-state index in [-0.39, 0.29) is 6.42 Å². The van der Waals surface area contributed by atoms with Crippen LogP contribution in [0.15, 0.2) is 6.07 Å². The second kappa shape index (κ2) is 7.06. The normalized spacial score (nSPS) is 10.7. The Morgan fingerprint density at radius 2 is 2.12 bits per heavy atom. The first-order chi connectivity index (χ1) is 8.09. The zero-order valence-electron chi connectivity index (χ0n) is 10.6. The summed E-state index contributed by atoms with van der Waals surface area (Å²) in [4.78, 5) is 10.3. The van der Waals surface area contributed by atoms with E-state index in [1.807, 2.05) is 11.6 Å². The molecule has 0 aliphatic carbocycles. The lowest BCUT2D eigenvalue weighted by molar-refractivity contribution is -0.137. The monoisotopic (exact) mass is 239 g/mol. The summed E-state index contributed by atoms with van der Waals surface area (Å²) in [5.74, 6) is -0.727. The Morgan fingerprint density at radius 1 is 1.41 bits per heavy atom. The molecule has 5 nitrogen and oxygen atoms in total. The maximum Gasteiger partial charge on any atom is 0.303 e. The molecule has 0 saturated carbocycles. The lowest BCUT2D eigenvalue weighted by atomic mass is 10.3.